The van der Waals surface area contributed by atoms with Crippen LogP contribution in [0.15, 0.2) is 17.8 Å². The molecular formula is C9H8F3N3OS. The lowest BCUT2D eigenvalue weighted by Crippen LogP contribution is -2.37. The third kappa shape index (κ3) is 2.57. The fourth-order valence-electron chi connectivity index (χ4n) is 1.36. The second kappa shape index (κ2) is 4.36. The van der Waals surface area contributed by atoms with Crippen LogP contribution in [0.25, 0.3) is 4.83 Å². The number of thiazole rings is 1. The molecule has 2 rings (SSSR count). The first-order valence-electron chi connectivity index (χ1n) is 4.73. The molecule has 0 aromatic carbocycles. The number of halogens is 3. The Hall–Kier alpha value is -1.57. The van der Waals surface area contributed by atoms with Gasteiger partial charge in [0.2, 0.25) is 0 Å². The summed E-state index contributed by atoms with van der Waals surface area (Å²) in [6.07, 6.45) is -1.14. The SMILES string of the molecule is O=C(NCCc1ncc2sccn12)C(F)(F)F. The minimum atomic E-state index is -4.83. The van der Waals surface area contributed by atoms with Gasteiger partial charge in [0.05, 0.1) is 6.20 Å². The average molecular weight is 263 g/mol. The van der Waals surface area contributed by atoms with Crippen LogP contribution in [0, 0.1) is 0 Å². The van der Waals surface area contributed by atoms with Gasteiger partial charge in [-0.15, -0.1) is 11.3 Å². The molecule has 0 spiro atoms. The Morgan fingerprint density at radius 3 is 3.00 bits per heavy atom. The number of hydrogen-bond donors (Lipinski definition) is 1. The quantitative estimate of drug-likeness (QED) is 0.914. The Bertz CT molecular complexity index is 531. The average Bonchev–Trinajstić information content (AvgIpc) is 2.80. The first kappa shape index (κ1) is 11.9. The van der Waals surface area contributed by atoms with Gasteiger partial charge in [0.25, 0.3) is 0 Å². The summed E-state index contributed by atoms with van der Waals surface area (Å²) in [5, 5.41) is 3.66. The van der Waals surface area contributed by atoms with Gasteiger partial charge in [-0.25, -0.2) is 4.98 Å². The summed E-state index contributed by atoms with van der Waals surface area (Å²) < 4.78 is 37.4. The highest BCUT2D eigenvalue weighted by molar-refractivity contribution is 7.15. The molecule has 0 fully saturated rings. The highest BCUT2D eigenvalue weighted by atomic mass is 32.1. The zero-order valence-corrected chi connectivity index (χ0v) is 9.31. The largest absolute Gasteiger partial charge is 0.471 e. The number of fused-ring (bicyclic) bond motifs is 1. The monoisotopic (exact) mass is 263 g/mol. The van der Waals surface area contributed by atoms with Crippen LogP contribution < -0.4 is 5.32 Å². The molecule has 8 heteroatoms. The molecule has 0 saturated carbocycles. The predicted molar refractivity (Wildman–Crippen MR) is 55.8 cm³/mol. The van der Waals surface area contributed by atoms with Crippen LogP contribution in [0.5, 0.6) is 0 Å². The van der Waals surface area contributed by atoms with Crippen molar-refractivity contribution in [1.29, 1.82) is 0 Å². The van der Waals surface area contributed by atoms with E-state index < -0.39 is 12.1 Å². The van der Waals surface area contributed by atoms with Gasteiger partial charge in [0.1, 0.15) is 10.7 Å². The van der Waals surface area contributed by atoms with E-state index >= 15 is 0 Å². The molecule has 2 aromatic rings. The Balaban J connectivity index is 1.92. The molecule has 0 unspecified atom stereocenters. The van der Waals surface area contributed by atoms with Crippen molar-refractivity contribution in [2.24, 2.45) is 0 Å². The van der Waals surface area contributed by atoms with Crippen LogP contribution in [-0.2, 0) is 11.2 Å². The number of amides is 1. The fraction of sp³-hybridized carbons (Fsp3) is 0.333. The maximum Gasteiger partial charge on any atom is 0.471 e. The molecule has 0 aliphatic carbocycles. The van der Waals surface area contributed by atoms with Gasteiger partial charge in [-0.3, -0.25) is 9.20 Å². The number of nitrogens with one attached hydrogen (secondary N) is 1. The summed E-state index contributed by atoms with van der Waals surface area (Å²) in [6, 6.07) is 0. The molecule has 2 aromatic heterocycles. The molecule has 2 heterocycles. The van der Waals surface area contributed by atoms with E-state index in [1.54, 1.807) is 22.1 Å². The number of carbonyl (C=O) groups is 1. The highest BCUT2D eigenvalue weighted by Crippen LogP contribution is 2.15. The van der Waals surface area contributed by atoms with Crippen molar-refractivity contribution in [3.05, 3.63) is 23.6 Å². The topological polar surface area (TPSA) is 46.4 Å². The molecule has 92 valence electrons. The standard InChI is InChI=1S/C9H8F3N3OS/c10-9(11,12)8(16)13-2-1-6-14-5-7-15(6)3-4-17-7/h3-5H,1-2H2,(H,13,16). The first-order chi connectivity index (χ1) is 7.98. The van der Waals surface area contributed by atoms with Crippen LogP contribution in [0.1, 0.15) is 5.82 Å². The lowest BCUT2D eigenvalue weighted by molar-refractivity contribution is -0.173. The smallest absolute Gasteiger partial charge is 0.348 e. The molecule has 0 atom stereocenters. The predicted octanol–water partition coefficient (Wildman–Crippen LogP) is 1.62. The van der Waals surface area contributed by atoms with E-state index in [4.69, 9.17) is 0 Å². The van der Waals surface area contributed by atoms with E-state index in [1.165, 1.54) is 11.3 Å². The molecule has 17 heavy (non-hydrogen) atoms. The van der Waals surface area contributed by atoms with Gasteiger partial charge >= 0.3 is 12.1 Å². The van der Waals surface area contributed by atoms with Crippen LogP contribution in [0.4, 0.5) is 13.2 Å². The molecule has 0 radical (unpaired) electrons. The van der Waals surface area contributed by atoms with Crippen molar-refractivity contribution in [2.75, 3.05) is 6.54 Å². The fourth-order valence-corrected chi connectivity index (χ4v) is 2.08. The molecule has 0 bridgehead atoms. The van der Waals surface area contributed by atoms with E-state index in [9.17, 15) is 18.0 Å². The number of rotatable bonds is 3. The number of nitrogens with zero attached hydrogens (tertiary/aromatic N) is 2. The van der Waals surface area contributed by atoms with Crippen LogP contribution >= 0.6 is 11.3 Å². The van der Waals surface area contributed by atoms with E-state index in [0.29, 0.717) is 5.82 Å². The van der Waals surface area contributed by atoms with Crippen molar-refractivity contribution in [1.82, 2.24) is 14.7 Å². The zero-order valence-electron chi connectivity index (χ0n) is 8.49. The summed E-state index contributed by atoms with van der Waals surface area (Å²) in [5.41, 5.74) is 0. The number of imidazole rings is 1. The number of carbonyl (C=O) groups excluding carboxylic acids is 1. The number of aromatic nitrogens is 2. The van der Waals surface area contributed by atoms with E-state index in [2.05, 4.69) is 4.98 Å². The Morgan fingerprint density at radius 2 is 2.29 bits per heavy atom. The van der Waals surface area contributed by atoms with Crippen LogP contribution in [0.3, 0.4) is 0 Å². The van der Waals surface area contributed by atoms with Gasteiger partial charge in [-0.05, 0) is 0 Å². The summed E-state index contributed by atoms with van der Waals surface area (Å²) >= 11 is 1.49. The van der Waals surface area contributed by atoms with Crippen molar-refractivity contribution < 1.29 is 18.0 Å². The van der Waals surface area contributed by atoms with Crippen molar-refractivity contribution in [3.63, 3.8) is 0 Å². The van der Waals surface area contributed by atoms with E-state index in [-0.39, 0.29) is 13.0 Å². The zero-order chi connectivity index (χ0) is 12.5. The number of hydrogen-bond acceptors (Lipinski definition) is 3. The Kier molecular flexibility index (Phi) is 3.05. The van der Waals surface area contributed by atoms with Crippen molar-refractivity contribution in [3.8, 4) is 0 Å². The summed E-state index contributed by atoms with van der Waals surface area (Å²) in [4.78, 5) is 15.5. The molecule has 0 aliphatic rings. The maximum atomic E-state index is 11.9. The van der Waals surface area contributed by atoms with Gasteiger partial charge in [0, 0.05) is 24.5 Å². The maximum absolute atomic E-state index is 11.9. The lowest BCUT2D eigenvalue weighted by atomic mass is 10.4. The van der Waals surface area contributed by atoms with Gasteiger partial charge in [-0.1, -0.05) is 0 Å². The Labute approximate surface area is 98.1 Å². The van der Waals surface area contributed by atoms with E-state index in [0.717, 1.165) is 4.83 Å². The normalized spacial score (nSPS) is 11.9. The molecule has 1 N–H and O–H groups in total. The molecular weight excluding hydrogens is 255 g/mol. The minimum absolute atomic E-state index is 0.0900. The third-order valence-electron chi connectivity index (χ3n) is 2.13. The summed E-state index contributed by atoms with van der Waals surface area (Å²) in [5.74, 6) is -1.29. The molecule has 1 amide bonds. The van der Waals surface area contributed by atoms with Gasteiger partial charge in [0.15, 0.2) is 0 Å². The van der Waals surface area contributed by atoms with Gasteiger partial charge in [-0.2, -0.15) is 13.2 Å². The number of alkyl halides is 3. The lowest BCUT2D eigenvalue weighted by Gasteiger charge is -2.06. The Morgan fingerprint density at radius 1 is 1.53 bits per heavy atom. The molecule has 0 saturated heterocycles. The van der Waals surface area contributed by atoms with Crippen LogP contribution in [0.2, 0.25) is 0 Å². The molecule has 0 aliphatic heterocycles. The van der Waals surface area contributed by atoms with Crippen molar-refractivity contribution >= 4 is 22.1 Å². The molecule has 4 nitrogen and oxygen atoms in total. The van der Waals surface area contributed by atoms with E-state index in [1.807, 2.05) is 5.38 Å². The highest BCUT2D eigenvalue weighted by Gasteiger charge is 2.38. The van der Waals surface area contributed by atoms with Crippen molar-refractivity contribution in [2.45, 2.75) is 12.6 Å². The van der Waals surface area contributed by atoms with Gasteiger partial charge < -0.3 is 5.32 Å². The second-order valence-corrected chi connectivity index (χ2v) is 4.22. The third-order valence-corrected chi connectivity index (χ3v) is 2.93. The minimum Gasteiger partial charge on any atom is -0.348 e. The van der Waals surface area contributed by atoms with Crippen LogP contribution in [-0.4, -0.2) is 28.0 Å². The first-order valence-corrected chi connectivity index (χ1v) is 5.61. The second-order valence-electron chi connectivity index (χ2n) is 3.29. The summed E-state index contributed by atoms with van der Waals surface area (Å²) in [7, 11) is 0. The summed E-state index contributed by atoms with van der Waals surface area (Å²) in [6.45, 7) is -0.0900.